The van der Waals surface area contributed by atoms with Gasteiger partial charge in [0.1, 0.15) is 0 Å². The molecule has 6 aromatic carbocycles. The third-order valence-electron chi connectivity index (χ3n) is 11.3. The Bertz CT molecular complexity index is 2250. The molecule has 3 bridgehead atoms. The molecule has 0 saturated heterocycles. The van der Waals surface area contributed by atoms with E-state index in [1.54, 1.807) is 11.1 Å². The maximum atomic E-state index is 2.52. The highest BCUT2D eigenvalue weighted by Gasteiger charge is 2.45. The van der Waals surface area contributed by atoms with Gasteiger partial charge in [0.25, 0.3) is 0 Å². The van der Waals surface area contributed by atoms with Crippen molar-refractivity contribution in [1.29, 1.82) is 0 Å². The van der Waals surface area contributed by atoms with Crippen LogP contribution in [0.1, 0.15) is 48.6 Å². The number of hydrogen-bond acceptors (Lipinski definition) is 1. The molecule has 222 valence electrons. The molecule has 4 atom stereocenters. The Hall–Kier alpha value is -5.08. The van der Waals surface area contributed by atoms with E-state index in [1.807, 2.05) is 0 Å². The molecule has 0 aliphatic heterocycles. The van der Waals surface area contributed by atoms with E-state index in [0.29, 0.717) is 11.8 Å². The fourth-order valence-electron chi connectivity index (χ4n) is 9.58. The Kier molecular flexibility index (Phi) is 5.81. The normalized spacial score (nSPS) is 21.1. The summed E-state index contributed by atoms with van der Waals surface area (Å²) < 4.78 is 2.43. The minimum Gasteiger partial charge on any atom is -0.310 e. The molecule has 1 aromatic heterocycles. The van der Waals surface area contributed by atoms with Gasteiger partial charge in [0.15, 0.2) is 0 Å². The number of nitrogens with zero attached hydrogens (tertiary/aromatic N) is 2. The lowest BCUT2D eigenvalue weighted by molar-refractivity contribution is 0.312. The SMILES string of the molecule is c1ccc(N(c2ccc3c4ccccc4n(-c4ccccc4)c3c2)c2cccc3c2-c2ccccc2C2CC4CC3CC2C4)cc1. The van der Waals surface area contributed by atoms with E-state index in [4.69, 9.17) is 0 Å². The van der Waals surface area contributed by atoms with Gasteiger partial charge in [-0.1, -0.05) is 97.1 Å². The maximum Gasteiger partial charge on any atom is 0.0561 e. The molecule has 0 N–H and O–H groups in total. The molecule has 0 radical (unpaired) electrons. The zero-order valence-electron chi connectivity index (χ0n) is 25.9. The summed E-state index contributed by atoms with van der Waals surface area (Å²) in [7, 11) is 0. The topological polar surface area (TPSA) is 8.17 Å². The van der Waals surface area contributed by atoms with Gasteiger partial charge in [-0.3, -0.25) is 0 Å². The van der Waals surface area contributed by atoms with Crippen molar-refractivity contribution in [3.63, 3.8) is 0 Å². The highest BCUT2D eigenvalue weighted by Crippen LogP contribution is 2.60. The summed E-state index contributed by atoms with van der Waals surface area (Å²) in [5.74, 6) is 2.96. The summed E-state index contributed by atoms with van der Waals surface area (Å²) in [6.45, 7) is 0. The van der Waals surface area contributed by atoms with Crippen molar-refractivity contribution in [2.45, 2.75) is 37.5 Å². The molecule has 4 unspecified atom stereocenters. The highest BCUT2D eigenvalue weighted by molar-refractivity contribution is 6.10. The van der Waals surface area contributed by atoms with Crippen molar-refractivity contribution < 1.29 is 0 Å². The number of fused-ring (bicyclic) bond motifs is 10. The summed E-state index contributed by atoms with van der Waals surface area (Å²) in [5, 5.41) is 2.56. The zero-order chi connectivity index (χ0) is 30.2. The Balaban J connectivity index is 1.26. The zero-order valence-corrected chi connectivity index (χ0v) is 25.9. The molecule has 2 heteroatoms. The number of anilines is 3. The van der Waals surface area contributed by atoms with Gasteiger partial charge in [-0.2, -0.15) is 0 Å². The van der Waals surface area contributed by atoms with E-state index in [9.17, 15) is 0 Å². The van der Waals surface area contributed by atoms with Gasteiger partial charge >= 0.3 is 0 Å². The lowest BCUT2D eigenvalue weighted by atomic mass is 9.70. The fourth-order valence-corrected chi connectivity index (χ4v) is 9.58. The molecule has 3 aliphatic carbocycles. The molecule has 2 saturated carbocycles. The summed E-state index contributed by atoms with van der Waals surface area (Å²) in [5.41, 5.74) is 13.3. The van der Waals surface area contributed by atoms with Crippen LogP contribution in [0.15, 0.2) is 146 Å². The second kappa shape index (κ2) is 10.2. The first kappa shape index (κ1) is 26.2. The van der Waals surface area contributed by atoms with E-state index < -0.39 is 0 Å². The number of benzene rings is 6. The molecule has 1 heterocycles. The summed E-state index contributed by atoms with van der Waals surface area (Å²) in [6, 6.07) is 54.2. The van der Waals surface area contributed by atoms with Gasteiger partial charge in [-0.25, -0.2) is 0 Å². The van der Waals surface area contributed by atoms with Gasteiger partial charge in [-0.05, 0) is 115 Å². The molecule has 0 amide bonds. The predicted molar refractivity (Wildman–Crippen MR) is 192 cm³/mol. The molecule has 46 heavy (non-hydrogen) atoms. The second-order valence-corrected chi connectivity index (χ2v) is 13.8. The number of rotatable bonds is 4. The lowest BCUT2D eigenvalue weighted by Gasteiger charge is -2.36. The molecule has 7 aromatic rings. The minimum atomic E-state index is 0.623. The fraction of sp³-hybridized carbons (Fsp3) is 0.182. The van der Waals surface area contributed by atoms with Crippen LogP contribution in [0.4, 0.5) is 17.1 Å². The van der Waals surface area contributed by atoms with Crippen LogP contribution >= 0.6 is 0 Å². The number of aromatic nitrogens is 1. The maximum absolute atomic E-state index is 2.52. The Labute approximate surface area is 270 Å². The average Bonchev–Trinajstić information content (AvgIpc) is 3.62. The molecule has 10 rings (SSSR count). The standard InChI is InChI=1S/C44H36N2/c1-3-12-32(13-4-1)45(34-22-23-38-37-17-9-10-20-41(37)46(43(38)28-34)33-14-5-2-6-15-33)42-21-11-19-35-30-24-29-25-31(27-30)40(26-29)36-16-7-8-18-39(36)44(35)42/h1-23,28-31,40H,24-27H2. The van der Waals surface area contributed by atoms with E-state index in [0.717, 1.165) is 11.8 Å². The van der Waals surface area contributed by atoms with E-state index in [-0.39, 0.29) is 0 Å². The van der Waals surface area contributed by atoms with Gasteiger partial charge in [0.05, 0.1) is 16.7 Å². The number of para-hydroxylation sites is 3. The Morgan fingerprint density at radius 2 is 1.26 bits per heavy atom. The lowest BCUT2D eigenvalue weighted by Crippen LogP contribution is -2.20. The van der Waals surface area contributed by atoms with Crippen molar-refractivity contribution in [2.24, 2.45) is 11.8 Å². The Morgan fingerprint density at radius 1 is 0.522 bits per heavy atom. The van der Waals surface area contributed by atoms with E-state index in [2.05, 4.69) is 155 Å². The molecule has 2 nitrogen and oxygen atoms in total. The second-order valence-electron chi connectivity index (χ2n) is 13.8. The average molecular weight is 593 g/mol. The molecule has 2 fully saturated rings. The molecule has 3 aliphatic rings. The smallest absolute Gasteiger partial charge is 0.0561 e. The van der Waals surface area contributed by atoms with Crippen LogP contribution in [0.3, 0.4) is 0 Å². The van der Waals surface area contributed by atoms with Crippen LogP contribution in [0.25, 0.3) is 38.6 Å². The quantitative estimate of drug-likeness (QED) is 0.197. The summed E-state index contributed by atoms with van der Waals surface area (Å²) in [4.78, 5) is 2.52. The van der Waals surface area contributed by atoms with Crippen molar-refractivity contribution in [3.05, 3.63) is 157 Å². The monoisotopic (exact) mass is 592 g/mol. The molecule has 0 spiro atoms. The van der Waals surface area contributed by atoms with Crippen LogP contribution in [0.2, 0.25) is 0 Å². The van der Waals surface area contributed by atoms with Crippen LogP contribution in [0, 0.1) is 11.8 Å². The highest BCUT2D eigenvalue weighted by atomic mass is 15.1. The van der Waals surface area contributed by atoms with Crippen molar-refractivity contribution in [1.82, 2.24) is 4.57 Å². The first-order valence-electron chi connectivity index (χ1n) is 17.0. The van der Waals surface area contributed by atoms with Gasteiger partial charge in [-0.15, -0.1) is 0 Å². The third-order valence-corrected chi connectivity index (χ3v) is 11.3. The molecular weight excluding hydrogens is 556 g/mol. The van der Waals surface area contributed by atoms with Crippen LogP contribution in [-0.4, -0.2) is 4.57 Å². The van der Waals surface area contributed by atoms with E-state index in [1.165, 1.54) is 81.4 Å². The van der Waals surface area contributed by atoms with Crippen molar-refractivity contribution in [2.75, 3.05) is 4.90 Å². The van der Waals surface area contributed by atoms with Crippen LogP contribution in [-0.2, 0) is 0 Å². The van der Waals surface area contributed by atoms with Crippen molar-refractivity contribution in [3.8, 4) is 16.8 Å². The van der Waals surface area contributed by atoms with Gasteiger partial charge in [0.2, 0.25) is 0 Å². The Morgan fingerprint density at radius 3 is 2.15 bits per heavy atom. The van der Waals surface area contributed by atoms with Crippen LogP contribution in [0.5, 0.6) is 0 Å². The predicted octanol–water partition coefficient (Wildman–Crippen LogP) is 11.9. The van der Waals surface area contributed by atoms with Crippen molar-refractivity contribution >= 4 is 38.9 Å². The third kappa shape index (κ3) is 3.89. The van der Waals surface area contributed by atoms with Gasteiger partial charge < -0.3 is 9.47 Å². The van der Waals surface area contributed by atoms with Crippen LogP contribution < -0.4 is 4.90 Å². The summed E-state index contributed by atoms with van der Waals surface area (Å²) in [6.07, 6.45) is 5.41. The van der Waals surface area contributed by atoms with E-state index >= 15 is 0 Å². The first-order valence-corrected chi connectivity index (χ1v) is 17.0. The first-order chi connectivity index (χ1) is 22.8. The largest absolute Gasteiger partial charge is 0.310 e. The molecular formula is C44H36N2. The van der Waals surface area contributed by atoms with Gasteiger partial charge in [0, 0.05) is 33.4 Å². The number of hydrogen-bond donors (Lipinski definition) is 0. The minimum absolute atomic E-state index is 0.623. The summed E-state index contributed by atoms with van der Waals surface area (Å²) >= 11 is 0.